The fourth-order valence-corrected chi connectivity index (χ4v) is 3.32. The average Bonchev–Trinajstić information content (AvgIpc) is 2.36. The van der Waals surface area contributed by atoms with Crippen molar-refractivity contribution in [2.24, 2.45) is 0 Å². The van der Waals surface area contributed by atoms with Gasteiger partial charge in [-0.05, 0) is 45.5 Å². The topological polar surface area (TPSA) is 30.3 Å². The molecule has 1 fully saturated rings. The smallest absolute Gasteiger partial charge is 0.0638 e. The van der Waals surface area contributed by atoms with E-state index in [0.29, 0.717) is 12.5 Å². The van der Waals surface area contributed by atoms with Crippen molar-refractivity contribution in [2.75, 3.05) is 25.0 Å². The molecule has 0 bridgehead atoms. The Morgan fingerprint density at radius 2 is 2.15 bits per heavy atom. The number of anilines is 1. The van der Waals surface area contributed by atoms with Crippen LogP contribution < -0.4 is 4.90 Å². The predicted octanol–water partition coefficient (Wildman–Crippen LogP) is 3.57. The molecule has 20 heavy (non-hydrogen) atoms. The number of hydrogen-bond acceptors (Lipinski definition) is 3. The van der Waals surface area contributed by atoms with Crippen molar-refractivity contribution in [2.45, 2.75) is 38.8 Å². The number of piperazine rings is 1. The van der Waals surface area contributed by atoms with Gasteiger partial charge in [0.05, 0.1) is 12.5 Å². The van der Waals surface area contributed by atoms with Gasteiger partial charge in [0.15, 0.2) is 0 Å². The highest BCUT2D eigenvalue weighted by atomic mass is 79.9. The fraction of sp³-hybridized carbons (Fsp3) is 0.562. The van der Waals surface area contributed by atoms with E-state index in [1.54, 1.807) is 0 Å². The number of nitriles is 1. The second kappa shape index (κ2) is 5.75. The summed E-state index contributed by atoms with van der Waals surface area (Å²) in [4.78, 5) is 4.74. The molecule has 1 aromatic rings. The Kier molecular flexibility index (Phi) is 4.41. The first-order chi connectivity index (χ1) is 9.35. The third kappa shape index (κ3) is 2.99. The number of aryl methyl sites for hydroxylation is 1. The molecule has 1 saturated heterocycles. The van der Waals surface area contributed by atoms with Crippen LogP contribution >= 0.6 is 15.9 Å². The second-order valence-electron chi connectivity index (χ2n) is 6.29. The first kappa shape index (κ1) is 15.3. The van der Waals surface area contributed by atoms with E-state index < -0.39 is 0 Å². The molecule has 1 unspecified atom stereocenters. The average molecular weight is 336 g/mol. The van der Waals surface area contributed by atoms with Crippen LogP contribution in [-0.4, -0.2) is 36.6 Å². The highest BCUT2D eigenvalue weighted by molar-refractivity contribution is 9.10. The summed E-state index contributed by atoms with van der Waals surface area (Å²) in [5.41, 5.74) is 2.54. The van der Waals surface area contributed by atoms with Crippen LogP contribution in [0, 0.1) is 18.3 Å². The van der Waals surface area contributed by atoms with Gasteiger partial charge in [-0.1, -0.05) is 22.0 Å². The zero-order valence-electron chi connectivity index (χ0n) is 12.7. The van der Waals surface area contributed by atoms with Crippen molar-refractivity contribution in [3.05, 3.63) is 28.2 Å². The molecule has 0 saturated carbocycles. The first-order valence-corrected chi connectivity index (χ1v) is 7.75. The summed E-state index contributed by atoms with van der Waals surface area (Å²) in [5, 5.41) is 9.00. The number of hydrogen-bond donors (Lipinski definition) is 0. The van der Waals surface area contributed by atoms with Gasteiger partial charge in [0.1, 0.15) is 0 Å². The molecule has 1 aromatic carbocycles. The van der Waals surface area contributed by atoms with Gasteiger partial charge in [0.2, 0.25) is 0 Å². The number of halogens is 1. The zero-order valence-corrected chi connectivity index (χ0v) is 14.2. The monoisotopic (exact) mass is 335 g/mol. The predicted molar refractivity (Wildman–Crippen MR) is 87.0 cm³/mol. The third-order valence-corrected chi connectivity index (χ3v) is 5.03. The van der Waals surface area contributed by atoms with Crippen molar-refractivity contribution >= 4 is 21.6 Å². The van der Waals surface area contributed by atoms with E-state index in [4.69, 9.17) is 5.26 Å². The Hall–Kier alpha value is -1.05. The van der Waals surface area contributed by atoms with Crippen molar-refractivity contribution in [3.8, 4) is 6.07 Å². The number of nitrogens with zero attached hydrogens (tertiary/aromatic N) is 3. The molecule has 0 N–H and O–H groups in total. The molecule has 4 heteroatoms. The summed E-state index contributed by atoms with van der Waals surface area (Å²) < 4.78 is 1.14. The quantitative estimate of drug-likeness (QED) is 0.827. The van der Waals surface area contributed by atoms with E-state index in [0.717, 1.165) is 17.6 Å². The molecular formula is C16H22BrN3. The van der Waals surface area contributed by atoms with E-state index >= 15 is 0 Å². The van der Waals surface area contributed by atoms with Gasteiger partial charge in [-0.3, -0.25) is 4.90 Å². The second-order valence-corrected chi connectivity index (χ2v) is 7.14. The number of rotatable bonds is 2. The van der Waals surface area contributed by atoms with Crippen molar-refractivity contribution < 1.29 is 0 Å². The molecule has 0 aliphatic carbocycles. The lowest BCUT2D eigenvalue weighted by molar-refractivity contribution is 0.153. The molecule has 0 amide bonds. The van der Waals surface area contributed by atoms with Crippen LogP contribution in [-0.2, 0) is 0 Å². The molecule has 0 spiro atoms. The van der Waals surface area contributed by atoms with Gasteiger partial charge in [-0.25, -0.2) is 0 Å². The molecule has 1 aliphatic rings. The lowest BCUT2D eigenvalue weighted by Gasteiger charge is -2.51. The summed E-state index contributed by atoms with van der Waals surface area (Å²) in [6.45, 7) is 8.48. The Bertz CT molecular complexity index is 533. The molecule has 3 nitrogen and oxygen atoms in total. The van der Waals surface area contributed by atoms with E-state index in [1.165, 1.54) is 11.3 Å². The van der Waals surface area contributed by atoms with Gasteiger partial charge >= 0.3 is 0 Å². The molecule has 108 valence electrons. The summed E-state index contributed by atoms with van der Waals surface area (Å²) in [6.07, 6.45) is 0.579. The maximum atomic E-state index is 9.00. The molecule has 0 aromatic heterocycles. The van der Waals surface area contributed by atoms with Gasteiger partial charge in [0, 0.05) is 34.8 Å². The Morgan fingerprint density at radius 1 is 1.45 bits per heavy atom. The molecular weight excluding hydrogens is 314 g/mol. The summed E-state index contributed by atoms with van der Waals surface area (Å²) in [6, 6.07) is 9.12. The van der Waals surface area contributed by atoms with Crippen LogP contribution in [0.5, 0.6) is 0 Å². The minimum atomic E-state index is 0.0649. The van der Waals surface area contributed by atoms with Crippen molar-refractivity contribution in [1.82, 2.24) is 4.90 Å². The lowest BCUT2D eigenvalue weighted by Crippen LogP contribution is -2.62. The van der Waals surface area contributed by atoms with Crippen molar-refractivity contribution in [1.29, 1.82) is 5.26 Å². The minimum Gasteiger partial charge on any atom is -0.363 e. The minimum absolute atomic E-state index is 0.0649. The summed E-state index contributed by atoms with van der Waals surface area (Å²) in [5.74, 6) is 0. The third-order valence-electron chi connectivity index (χ3n) is 4.18. The van der Waals surface area contributed by atoms with Crippen LogP contribution in [0.3, 0.4) is 0 Å². The van der Waals surface area contributed by atoms with E-state index in [9.17, 15) is 0 Å². The normalized spacial score (nSPS) is 22.6. The van der Waals surface area contributed by atoms with Crippen LogP contribution in [0.25, 0.3) is 0 Å². The summed E-state index contributed by atoms with van der Waals surface area (Å²) in [7, 11) is 2.12. The van der Waals surface area contributed by atoms with Crippen LogP contribution in [0.2, 0.25) is 0 Å². The number of benzene rings is 1. The highest BCUT2D eigenvalue weighted by Crippen LogP contribution is 2.32. The molecule has 1 heterocycles. The first-order valence-electron chi connectivity index (χ1n) is 6.96. The Morgan fingerprint density at radius 3 is 2.75 bits per heavy atom. The molecule has 0 radical (unpaired) electrons. The Balaban J connectivity index is 2.32. The lowest BCUT2D eigenvalue weighted by atomic mass is 9.94. The van der Waals surface area contributed by atoms with E-state index in [-0.39, 0.29) is 5.54 Å². The van der Waals surface area contributed by atoms with Gasteiger partial charge in [-0.15, -0.1) is 0 Å². The van der Waals surface area contributed by atoms with Crippen LogP contribution in [0.1, 0.15) is 25.8 Å². The van der Waals surface area contributed by atoms with Gasteiger partial charge in [-0.2, -0.15) is 5.26 Å². The largest absolute Gasteiger partial charge is 0.363 e. The molecule has 1 atom stereocenters. The van der Waals surface area contributed by atoms with Crippen LogP contribution in [0.4, 0.5) is 5.69 Å². The summed E-state index contributed by atoms with van der Waals surface area (Å²) >= 11 is 3.62. The maximum Gasteiger partial charge on any atom is 0.0638 e. The van der Waals surface area contributed by atoms with Crippen LogP contribution in [0.15, 0.2) is 22.7 Å². The van der Waals surface area contributed by atoms with Crippen molar-refractivity contribution in [3.63, 3.8) is 0 Å². The Labute approximate surface area is 130 Å². The highest BCUT2D eigenvalue weighted by Gasteiger charge is 2.37. The molecule has 1 aliphatic heterocycles. The maximum absolute atomic E-state index is 9.00. The van der Waals surface area contributed by atoms with E-state index in [2.05, 4.69) is 77.8 Å². The SMILES string of the molecule is Cc1ccc(N2CC(CC#N)N(C)CC2(C)C)cc1Br. The van der Waals surface area contributed by atoms with Gasteiger partial charge in [0.25, 0.3) is 0 Å². The number of likely N-dealkylation sites (N-methyl/N-ethyl adjacent to an activating group) is 1. The standard InChI is InChI=1S/C16H22BrN3/c1-12-5-6-13(9-15(12)17)20-10-14(7-8-18)19(4)11-16(20,2)3/h5-6,9,14H,7,10-11H2,1-4H3. The van der Waals surface area contributed by atoms with Gasteiger partial charge < -0.3 is 4.90 Å². The zero-order chi connectivity index (χ0) is 14.9. The van der Waals surface area contributed by atoms with E-state index in [1.807, 2.05) is 0 Å². The molecule has 2 rings (SSSR count). The fourth-order valence-electron chi connectivity index (χ4n) is 2.95.